The van der Waals surface area contributed by atoms with Crippen molar-refractivity contribution in [1.82, 2.24) is 14.9 Å². The SMILES string of the molecule is Cc1cnc(-c2csc3ccccc23)nc1NCCN(C(C)C)C(C)C. The maximum atomic E-state index is 4.82. The Bertz CT molecular complexity index is 861. The highest BCUT2D eigenvalue weighted by Gasteiger charge is 2.14. The van der Waals surface area contributed by atoms with E-state index < -0.39 is 0 Å². The molecule has 1 N–H and O–H groups in total. The van der Waals surface area contributed by atoms with E-state index in [2.05, 4.69) is 79.5 Å². The number of hydrogen-bond acceptors (Lipinski definition) is 5. The Kier molecular flexibility index (Phi) is 5.89. The van der Waals surface area contributed by atoms with Crippen molar-refractivity contribution in [3.8, 4) is 11.4 Å². The quantitative estimate of drug-likeness (QED) is 0.622. The van der Waals surface area contributed by atoms with E-state index in [9.17, 15) is 0 Å². The Morgan fingerprint density at radius 2 is 1.85 bits per heavy atom. The van der Waals surface area contributed by atoms with E-state index in [0.29, 0.717) is 12.1 Å². The van der Waals surface area contributed by atoms with Gasteiger partial charge in [0.1, 0.15) is 5.82 Å². The molecule has 0 saturated heterocycles. The van der Waals surface area contributed by atoms with E-state index in [1.54, 1.807) is 11.3 Å². The van der Waals surface area contributed by atoms with Crippen molar-refractivity contribution in [3.05, 3.63) is 41.4 Å². The lowest BCUT2D eigenvalue weighted by molar-refractivity contribution is 0.182. The molecular formula is C21H28N4S. The van der Waals surface area contributed by atoms with Gasteiger partial charge in [-0.2, -0.15) is 0 Å². The second-order valence-corrected chi connectivity index (χ2v) is 8.13. The van der Waals surface area contributed by atoms with Gasteiger partial charge in [0.15, 0.2) is 5.82 Å². The normalized spacial score (nSPS) is 11.8. The first-order valence-corrected chi connectivity index (χ1v) is 10.1. The van der Waals surface area contributed by atoms with Gasteiger partial charge in [0.2, 0.25) is 0 Å². The van der Waals surface area contributed by atoms with Crippen LogP contribution in [0.1, 0.15) is 33.3 Å². The molecule has 1 aromatic carbocycles. The second kappa shape index (κ2) is 8.14. The van der Waals surface area contributed by atoms with Crippen LogP contribution in [0.25, 0.3) is 21.5 Å². The molecule has 2 heterocycles. The third kappa shape index (κ3) is 4.05. The first kappa shape index (κ1) is 18.8. The van der Waals surface area contributed by atoms with Crippen LogP contribution in [0.4, 0.5) is 5.82 Å². The average molecular weight is 369 g/mol. The number of benzene rings is 1. The van der Waals surface area contributed by atoms with Crippen molar-refractivity contribution in [2.45, 2.75) is 46.7 Å². The maximum absolute atomic E-state index is 4.82. The van der Waals surface area contributed by atoms with Crippen LogP contribution in [0.5, 0.6) is 0 Å². The van der Waals surface area contributed by atoms with Gasteiger partial charge in [-0.05, 0) is 40.7 Å². The third-order valence-electron chi connectivity index (χ3n) is 4.68. The number of anilines is 1. The van der Waals surface area contributed by atoms with Crippen molar-refractivity contribution in [2.24, 2.45) is 0 Å². The first-order chi connectivity index (χ1) is 12.5. The van der Waals surface area contributed by atoms with E-state index in [1.807, 2.05) is 6.20 Å². The summed E-state index contributed by atoms with van der Waals surface area (Å²) >= 11 is 1.74. The topological polar surface area (TPSA) is 41.1 Å². The summed E-state index contributed by atoms with van der Waals surface area (Å²) in [5.41, 5.74) is 2.19. The fourth-order valence-corrected chi connectivity index (χ4v) is 4.26. The second-order valence-electron chi connectivity index (χ2n) is 7.22. The molecule has 0 fully saturated rings. The van der Waals surface area contributed by atoms with Gasteiger partial charge < -0.3 is 5.32 Å². The van der Waals surface area contributed by atoms with Crippen molar-refractivity contribution in [1.29, 1.82) is 0 Å². The lowest BCUT2D eigenvalue weighted by atomic mass is 10.1. The largest absolute Gasteiger partial charge is 0.368 e. The minimum Gasteiger partial charge on any atom is -0.368 e. The van der Waals surface area contributed by atoms with Gasteiger partial charge in [-0.15, -0.1) is 11.3 Å². The van der Waals surface area contributed by atoms with Crippen LogP contribution in [0.15, 0.2) is 35.8 Å². The standard InChI is InChI=1S/C21H28N4S/c1-14(2)25(15(3)4)11-10-22-20-16(5)12-23-21(24-20)18-13-26-19-9-7-6-8-17(18)19/h6-9,12-15H,10-11H2,1-5H3,(H,22,23,24). The molecule has 0 aliphatic rings. The van der Waals surface area contributed by atoms with Crippen LogP contribution in [-0.4, -0.2) is 40.0 Å². The molecule has 3 aromatic rings. The minimum absolute atomic E-state index is 0.538. The molecular weight excluding hydrogens is 340 g/mol. The van der Waals surface area contributed by atoms with Crippen LogP contribution in [-0.2, 0) is 0 Å². The van der Waals surface area contributed by atoms with E-state index >= 15 is 0 Å². The molecule has 0 spiro atoms. The lowest BCUT2D eigenvalue weighted by Gasteiger charge is -2.30. The summed E-state index contributed by atoms with van der Waals surface area (Å²) < 4.78 is 1.27. The van der Waals surface area contributed by atoms with Crippen LogP contribution in [0, 0.1) is 6.92 Å². The van der Waals surface area contributed by atoms with Gasteiger partial charge in [0.25, 0.3) is 0 Å². The van der Waals surface area contributed by atoms with Gasteiger partial charge in [-0.1, -0.05) is 18.2 Å². The number of hydrogen-bond donors (Lipinski definition) is 1. The molecule has 0 saturated carbocycles. The van der Waals surface area contributed by atoms with Crippen molar-refractivity contribution >= 4 is 27.2 Å². The molecule has 2 aromatic heterocycles. The van der Waals surface area contributed by atoms with Crippen molar-refractivity contribution in [3.63, 3.8) is 0 Å². The maximum Gasteiger partial charge on any atom is 0.162 e. The zero-order valence-corrected chi connectivity index (χ0v) is 17.1. The molecule has 0 amide bonds. The van der Waals surface area contributed by atoms with Crippen LogP contribution in [0.3, 0.4) is 0 Å². The monoisotopic (exact) mass is 368 g/mol. The predicted octanol–water partition coefficient (Wildman–Crippen LogP) is 5.20. The molecule has 138 valence electrons. The summed E-state index contributed by atoms with van der Waals surface area (Å²) in [4.78, 5) is 11.9. The highest BCUT2D eigenvalue weighted by Crippen LogP contribution is 2.32. The van der Waals surface area contributed by atoms with Gasteiger partial charge in [-0.25, -0.2) is 9.97 Å². The Morgan fingerprint density at radius 1 is 1.12 bits per heavy atom. The van der Waals surface area contributed by atoms with E-state index in [4.69, 9.17) is 4.98 Å². The first-order valence-electron chi connectivity index (χ1n) is 9.27. The summed E-state index contributed by atoms with van der Waals surface area (Å²) in [5.74, 6) is 1.72. The minimum atomic E-state index is 0.538. The summed E-state index contributed by atoms with van der Waals surface area (Å²) in [6.45, 7) is 12.9. The fourth-order valence-electron chi connectivity index (χ4n) is 3.32. The summed E-state index contributed by atoms with van der Waals surface area (Å²) in [6.07, 6.45) is 1.92. The zero-order valence-electron chi connectivity index (χ0n) is 16.3. The lowest BCUT2D eigenvalue weighted by Crippen LogP contribution is -2.40. The molecule has 4 nitrogen and oxygen atoms in total. The number of aryl methyl sites for hydroxylation is 1. The van der Waals surface area contributed by atoms with Gasteiger partial charge in [0, 0.05) is 58.0 Å². The molecule has 26 heavy (non-hydrogen) atoms. The average Bonchev–Trinajstić information content (AvgIpc) is 3.03. The summed E-state index contributed by atoms with van der Waals surface area (Å²) in [5, 5.41) is 6.89. The number of thiophene rings is 1. The smallest absolute Gasteiger partial charge is 0.162 e. The van der Waals surface area contributed by atoms with E-state index in [-0.39, 0.29) is 0 Å². The number of aromatic nitrogens is 2. The molecule has 5 heteroatoms. The van der Waals surface area contributed by atoms with Crippen LogP contribution < -0.4 is 5.32 Å². The summed E-state index contributed by atoms with van der Waals surface area (Å²) in [7, 11) is 0. The highest BCUT2D eigenvalue weighted by atomic mass is 32.1. The van der Waals surface area contributed by atoms with Gasteiger partial charge in [-0.3, -0.25) is 4.90 Å². The van der Waals surface area contributed by atoms with Gasteiger partial charge >= 0.3 is 0 Å². The Labute approximate surface area is 160 Å². The van der Waals surface area contributed by atoms with Crippen LogP contribution in [0.2, 0.25) is 0 Å². The molecule has 0 aliphatic carbocycles. The number of rotatable bonds is 7. The number of nitrogens with zero attached hydrogens (tertiary/aromatic N) is 3. The predicted molar refractivity (Wildman–Crippen MR) is 113 cm³/mol. The van der Waals surface area contributed by atoms with Crippen molar-refractivity contribution in [2.75, 3.05) is 18.4 Å². The fraction of sp³-hybridized carbons (Fsp3) is 0.429. The van der Waals surface area contributed by atoms with E-state index in [1.165, 1.54) is 10.1 Å². The Hall–Kier alpha value is -1.98. The molecule has 0 bridgehead atoms. The number of nitrogens with one attached hydrogen (secondary N) is 1. The highest BCUT2D eigenvalue weighted by molar-refractivity contribution is 7.17. The number of fused-ring (bicyclic) bond motifs is 1. The Morgan fingerprint density at radius 3 is 2.58 bits per heavy atom. The molecule has 0 unspecified atom stereocenters. The molecule has 3 rings (SSSR count). The Balaban J connectivity index is 1.78. The molecule has 0 radical (unpaired) electrons. The van der Waals surface area contributed by atoms with E-state index in [0.717, 1.165) is 35.9 Å². The molecule has 0 aliphatic heterocycles. The summed E-state index contributed by atoms with van der Waals surface area (Å²) in [6, 6.07) is 9.50. The van der Waals surface area contributed by atoms with Gasteiger partial charge in [0.05, 0.1) is 0 Å². The zero-order chi connectivity index (χ0) is 18.7. The van der Waals surface area contributed by atoms with Crippen LogP contribution >= 0.6 is 11.3 Å². The molecule has 0 atom stereocenters. The van der Waals surface area contributed by atoms with Crippen molar-refractivity contribution < 1.29 is 0 Å². The third-order valence-corrected chi connectivity index (χ3v) is 5.65.